The average molecular weight is 245 g/mol. The molecule has 0 amide bonds. The minimum Gasteiger partial charge on any atom is -0.497 e. The first kappa shape index (κ1) is 13.2. The number of benzene rings is 1. The molecule has 0 spiro atoms. The van der Waals surface area contributed by atoms with Crippen molar-refractivity contribution >= 4 is 0 Å². The van der Waals surface area contributed by atoms with Crippen LogP contribution in [0.5, 0.6) is 0 Å². The molecule has 1 aromatic rings. The minimum atomic E-state index is 0.317. The molecule has 1 atom stereocenters. The van der Waals surface area contributed by atoms with Gasteiger partial charge in [0, 0.05) is 0 Å². The number of likely N-dealkylation sites (N-methyl/N-ethyl adjacent to an activating group) is 1. The Labute approximate surface area is 110 Å². The highest BCUT2D eigenvalue weighted by Crippen LogP contribution is 2.17. The van der Waals surface area contributed by atoms with Gasteiger partial charge in [0.1, 0.15) is 5.76 Å². The number of rotatable bonds is 5. The second kappa shape index (κ2) is 6.60. The molecule has 98 valence electrons. The van der Waals surface area contributed by atoms with Crippen LogP contribution in [0.25, 0.3) is 0 Å². The Hall–Kier alpha value is -1.28. The van der Waals surface area contributed by atoms with Gasteiger partial charge in [-0.05, 0) is 44.4 Å². The molecule has 0 aromatic heterocycles. The Balaban J connectivity index is 2.08. The van der Waals surface area contributed by atoms with Crippen molar-refractivity contribution in [2.45, 2.75) is 39.2 Å². The maximum absolute atomic E-state index is 5.79. The van der Waals surface area contributed by atoms with E-state index in [4.69, 9.17) is 4.74 Å². The van der Waals surface area contributed by atoms with E-state index in [0.29, 0.717) is 6.04 Å². The van der Waals surface area contributed by atoms with E-state index >= 15 is 0 Å². The van der Waals surface area contributed by atoms with Gasteiger partial charge in [-0.25, -0.2) is 0 Å². The van der Waals surface area contributed by atoms with Gasteiger partial charge in [-0.3, -0.25) is 0 Å². The molecule has 1 aliphatic heterocycles. The lowest BCUT2D eigenvalue weighted by Crippen LogP contribution is -2.34. The highest BCUT2D eigenvalue weighted by Gasteiger charge is 2.17. The molecule has 1 aliphatic rings. The maximum atomic E-state index is 5.79. The van der Waals surface area contributed by atoms with Gasteiger partial charge in [0.15, 0.2) is 0 Å². The van der Waals surface area contributed by atoms with Crippen LogP contribution in [0.4, 0.5) is 0 Å². The summed E-state index contributed by atoms with van der Waals surface area (Å²) in [5, 5.41) is 3.53. The van der Waals surface area contributed by atoms with E-state index < -0.39 is 0 Å². The second-order valence-corrected chi connectivity index (χ2v) is 4.90. The molecule has 0 saturated carbocycles. The van der Waals surface area contributed by atoms with Gasteiger partial charge < -0.3 is 10.1 Å². The molecule has 1 heterocycles. The normalized spacial score (nSPS) is 16.9. The number of nitrogens with one attached hydrogen (secondary N) is 1. The third-order valence-electron chi connectivity index (χ3n) is 3.28. The Morgan fingerprint density at radius 1 is 1.39 bits per heavy atom. The molecule has 0 radical (unpaired) electrons. The molecule has 1 N–H and O–H groups in total. The quantitative estimate of drug-likeness (QED) is 0.860. The fourth-order valence-corrected chi connectivity index (χ4v) is 2.41. The number of allylic oxidation sites excluding steroid dienone is 1. The predicted octanol–water partition coefficient (Wildman–Crippen LogP) is 3.21. The van der Waals surface area contributed by atoms with Crippen LogP contribution in [0.1, 0.15) is 30.9 Å². The van der Waals surface area contributed by atoms with E-state index in [1.807, 2.05) is 0 Å². The maximum Gasteiger partial charge on any atom is 0.109 e. The number of ether oxygens (including phenoxy) is 1. The standard InChI is InChI=1S/C16H23NO/c1-3-17-15(16-9-4-5-10-18-16)12-14-8-6-7-13(2)11-14/h6-9,11,15,17H,3-5,10,12H2,1-2H3. The van der Waals surface area contributed by atoms with Gasteiger partial charge in [-0.15, -0.1) is 0 Å². The van der Waals surface area contributed by atoms with Gasteiger partial charge in [-0.1, -0.05) is 36.8 Å². The van der Waals surface area contributed by atoms with E-state index in [1.54, 1.807) is 0 Å². The van der Waals surface area contributed by atoms with Crippen molar-refractivity contribution in [3.63, 3.8) is 0 Å². The lowest BCUT2D eigenvalue weighted by molar-refractivity contribution is 0.167. The Bertz CT molecular complexity index is 411. The van der Waals surface area contributed by atoms with E-state index in [9.17, 15) is 0 Å². The van der Waals surface area contributed by atoms with Crippen molar-refractivity contribution in [1.29, 1.82) is 0 Å². The highest BCUT2D eigenvalue weighted by molar-refractivity contribution is 5.24. The minimum absolute atomic E-state index is 0.317. The fraction of sp³-hybridized carbons (Fsp3) is 0.500. The summed E-state index contributed by atoms with van der Waals surface area (Å²) in [4.78, 5) is 0. The van der Waals surface area contributed by atoms with Gasteiger partial charge >= 0.3 is 0 Å². The molecule has 0 saturated heterocycles. The summed E-state index contributed by atoms with van der Waals surface area (Å²) in [6.45, 7) is 6.12. The fourth-order valence-electron chi connectivity index (χ4n) is 2.41. The molecule has 1 aromatic carbocycles. The van der Waals surface area contributed by atoms with Crippen LogP contribution >= 0.6 is 0 Å². The molecule has 2 heteroatoms. The zero-order valence-electron chi connectivity index (χ0n) is 11.4. The lowest BCUT2D eigenvalue weighted by atomic mass is 10.0. The molecule has 2 rings (SSSR count). The summed E-state index contributed by atoms with van der Waals surface area (Å²) in [5.74, 6) is 1.13. The first-order chi connectivity index (χ1) is 8.79. The summed E-state index contributed by atoms with van der Waals surface area (Å²) in [6.07, 6.45) is 5.53. The number of aryl methyl sites for hydroxylation is 1. The third-order valence-corrected chi connectivity index (χ3v) is 3.28. The van der Waals surface area contributed by atoms with Gasteiger partial charge in [-0.2, -0.15) is 0 Å². The third kappa shape index (κ3) is 3.61. The van der Waals surface area contributed by atoms with Crippen molar-refractivity contribution in [3.8, 4) is 0 Å². The molecule has 0 fully saturated rings. The van der Waals surface area contributed by atoms with Crippen molar-refractivity contribution in [2.75, 3.05) is 13.2 Å². The zero-order chi connectivity index (χ0) is 12.8. The summed E-state index contributed by atoms with van der Waals surface area (Å²) < 4.78 is 5.79. The molecular weight excluding hydrogens is 222 g/mol. The number of hydrogen-bond acceptors (Lipinski definition) is 2. The average Bonchev–Trinajstić information content (AvgIpc) is 2.39. The van der Waals surface area contributed by atoms with Crippen LogP contribution in [0.3, 0.4) is 0 Å². The largest absolute Gasteiger partial charge is 0.497 e. The Morgan fingerprint density at radius 3 is 2.94 bits per heavy atom. The van der Waals surface area contributed by atoms with E-state index in [1.165, 1.54) is 11.1 Å². The van der Waals surface area contributed by atoms with Gasteiger partial charge in [0.2, 0.25) is 0 Å². The van der Waals surface area contributed by atoms with Gasteiger partial charge in [0.25, 0.3) is 0 Å². The summed E-state index contributed by atoms with van der Waals surface area (Å²) in [5.41, 5.74) is 2.69. The SMILES string of the molecule is CCNC(Cc1cccc(C)c1)C1=CCCCO1. The van der Waals surface area contributed by atoms with Crippen molar-refractivity contribution in [1.82, 2.24) is 5.32 Å². The molecule has 0 aliphatic carbocycles. The molecule has 2 nitrogen and oxygen atoms in total. The van der Waals surface area contributed by atoms with Crippen LogP contribution in [-0.2, 0) is 11.2 Å². The Morgan fingerprint density at radius 2 is 2.28 bits per heavy atom. The molecular formula is C16H23NO. The lowest BCUT2D eigenvalue weighted by Gasteiger charge is -2.24. The van der Waals surface area contributed by atoms with Crippen LogP contribution in [0.15, 0.2) is 36.1 Å². The van der Waals surface area contributed by atoms with Crippen molar-refractivity contribution < 1.29 is 4.74 Å². The van der Waals surface area contributed by atoms with E-state index in [-0.39, 0.29) is 0 Å². The van der Waals surface area contributed by atoms with Crippen molar-refractivity contribution in [2.24, 2.45) is 0 Å². The highest BCUT2D eigenvalue weighted by atomic mass is 16.5. The van der Waals surface area contributed by atoms with Crippen LogP contribution in [0, 0.1) is 6.92 Å². The first-order valence-corrected chi connectivity index (χ1v) is 6.91. The smallest absolute Gasteiger partial charge is 0.109 e. The van der Waals surface area contributed by atoms with Gasteiger partial charge in [0.05, 0.1) is 12.6 Å². The van der Waals surface area contributed by atoms with E-state index in [2.05, 4.69) is 49.5 Å². The molecule has 0 bridgehead atoms. The number of hydrogen-bond donors (Lipinski definition) is 1. The van der Waals surface area contributed by atoms with Crippen LogP contribution in [0.2, 0.25) is 0 Å². The Kier molecular flexibility index (Phi) is 4.82. The van der Waals surface area contributed by atoms with Crippen molar-refractivity contribution in [3.05, 3.63) is 47.2 Å². The summed E-state index contributed by atoms with van der Waals surface area (Å²) in [7, 11) is 0. The first-order valence-electron chi connectivity index (χ1n) is 6.91. The predicted molar refractivity (Wildman–Crippen MR) is 75.6 cm³/mol. The summed E-state index contributed by atoms with van der Waals surface area (Å²) in [6, 6.07) is 9.04. The monoisotopic (exact) mass is 245 g/mol. The molecule has 1 unspecified atom stereocenters. The topological polar surface area (TPSA) is 21.3 Å². The summed E-state index contributed by atoms with van der Waals surface area (Å²) >= 11 is 0. The van der Waals surface area contributed by atoms with Crippen LogP contribution < -0.4 is 5.32 Å². The van der Waals surface area contributed by atoms with Crippen LogP contribution in [-0.4, -0.2) is 19.2 Å². The van der Waals surface area contributed by atoms with E-state index in [0.717, 1.165) is 38.2 Å². The zero-order valence-corrected chi connectivity index (χ0v) is 11.4. The molecule has 18 heavy (non-hydrogen) atoms. The second-order valence-electron chi connectivity index (χ2n) is 4.90.